The molecule has 1 N–H and O–H groups in total. The van der Waals surface area contributed by atoms with E-state index in [0.717, 1.165) is 32.2 Å². The minimum atomic E-state index is -0.852. The molecule has 2 saturated carbocycles. The molecular weight excluding hydrogens is 440 g/mol. The molecule has 4 aliphatic rings. The van der Waals surface area contributed by atoms with Gasteiger partial charge >= 0.3 is 0 Å². The van der Waals surface area contributed by atoms with Gasteiger partial charge < -0.3 is 15.0 Å². The molecule has 0 aromatic carbocycles. The van der Waals surface area contributed by atoms with Gasteiger partial charge in [-0.1, -0.05) is 38.5 Å². The topological polar surface area (TPSA) is 85.7 Å². The molecule has 2 aliphatic carbocycles. The SMILES string of the molecule is CC1CN(C(=O)CC(C)(C(=O)NC2(C#N)CCN(C3CCCCC3)C2)C2CCCCC2)CC(C)O1. The van der Waals surface area contributed by atoms with Crippen molar-refractivity contribution in [2.45, 2.75) is 122 Å². The Hall–Kier alpha value is -1.65. The number of nitrogens with zero attached hydrogens (tertiary/aromatic N) is 3. The summed E-state index contributed by atoms with van der Waals surface area (Å²) in [7, 11) is 0. The molecule has 35 heavy (non-hydrogen) atoms. The van der Waals surface area contributed by atoms with Gasteiger partial charge in [-0.3, -0.25) is 14.5 Å². The van der Waals surface area contributed by atoms with Crippen LogP contribution in [0.25, 0.3) is 0 Å². The van der Waals surface area contributed by atoms with Gasteiger partial charge in [0.1, 0.15) is 5.54 Å². The monoisotopic (exact) mass is 486 g/mol. The Kier molecular flexibility index (Phi) is 8.43. The molecule has 0 radical (unpaired) electrons. The minimum Gasteiger partial charge on any atom is -0.372 e. The Balaban J connectivity index is 1.49. The van der Waals surface area contributed by atoms with Crippen molar-refractivity contribution in [2.75, 3.05) is 26.2 Å². The van der Waals surface area contributed by atoms with Crippen LogP contribution < -0.4 is 5.32 Å². The number of carbonyl (C=O) groups is 2. The quantitative estimate of drug-likeness (QED) is 0.613. The molecule has 2 aliphatic heterocycles. The van der Waals surface area contributed by atoms with E-state index in [0.29, 0.717) is 32.1 Å². The van der Waals surface area contributed by atoms with Crippen LogP contribution in [0.2, 0.25) is 0 Å². The lowest BCUT2D eigenvalue weighted by Crippen LogP contribution is -2.57. The number of ether oxygens (including phenoxy) is 1. The second-order valence-electron chi connectivity index (χ2n) is 12.1. The predicted molar refractivity (Wildman–Crippen MR) is 135 cm³/mol. The molecular formula is C28H46N4O3. The zero-order valence-corrected chi connectivity index (χ0v) is 22.2. The first-order valence-electron chi connectivity index (χ1n) is 14.2. The van der Waals surface area contributed by atoms with E-state index in [-0.39, 0.29) is 36.4 Å². The number of nitrogens with one attached hydrogen (secondary N) is 1. The smallest absolute Gasteiger partial charge is 0.228 e. The van der Waals surface area contributed by atoms with Gasteiger partial charge in [0.05, 0.1) is 23.7 Å². The summed E-state index contributed by atoms with van der Waals surface area (Å²) in [5.74, 6) is 0.110. The first-order valence-corrected chi connectivity index (χ1v) is 14.2. The minimum absolute atomic E-state index is 0.00332. The van der Waals surface area contributed by atoms with Gasteiger partial charge in [0, 0.05) is 38.6 Å². The van der Waals surface area contributed by atoms with Crippen LogP contribution in [0, 0.1) is 22.7 Å². The Bertz CT molecular complexity index is 791. The number of carbonyl (C=O) groups excluding carboxylic acids is 2. The van der Waals surface area contributed by atoms with Gasteiger partial charge in [-0.15, -0.1) is 0 Å². The molecule has 4 rings (SSSR count). The van der Waals surface area contributed by atoms with Crippen LogP contribution in [0.15, 0.2) is 0 Å². The lowest BCUT2D eigenvalue weighted by Gasteiger charge is -2.42. The van der Waals surface area contributed by atoms with E-state index in [9.17, 15) is 14.9 Å². The van der Waals surface area contributed by atoms with Crippen LogP contribution in [0.3, 0.4) is 0 Å². The average molecular weight is 487 g/mol. The zero-order chi connectivity index (χ0) is 25.1. The number of amides is 2. The maximum absolute atomic E-state index is 14.0. The Labute approximate surface area is 211 Å². The van der Waals surface area contributed by atoms with Crippen LogP contribution in [0.4, 0.5) is 0 Å². The number of hydrogen-bond acceptors (Lipinski definition) is 5. The van der Waals surface area contributed by atoms with Gasteiger partial charge in [0.15, 0.2) is 0 Å². The molecule has 196 valence electrons. The lowest BCUT2D eigenvalue weighted by molar-refractivity contribution is -0.151. The first kappa shape index (κ1) is 26.4. The van der Waals surface area contributed by atoms with Crippen LogP contribution in [-0.2, 0) is 14.3 Å². The summed E-state index contributed by atoms with van der Waals surface area (Å²) in [6, 6.07) is 3.03. The predicted octanol–water partition coefficient (Wildman–Crippen LogP) is 4.02. The number of likely N-dealkylation sites (tertiary alicyclic amines) is 1. The van der Waals surface area contributed by atoms with Gasteiger partial charge in [-0.25, -0.2) is 0 Å². The van der Waals surface area contributed by atoms with Crippen molar-refractivity contribution in [1.82, 2.24) is 15.1 Å². The summed E-state index contributed by atoms with van der Waals surface area (Å²) >= 11 is 0. The fourth-order valence-corrected chi connectivity index (χ4v) is 7.14. The second-order valence-corrected chi connectivity index (χ2v) is 12.1. The summed E-state index contributed by atoms with van der Waals surface area (Å²) in [6.07, 6.45) is 12.4. The molecule has 4 unspecified atom stereocenters. The standard InChI is InChI=1S/C28H46N4O3/c1-21-17-32(18-22(2)35-21)25(33)16-27(3,23-10-6-4-7-11-23)26(34)30-28(19-29)14-15-31(20-28)24-12-8-5-9-13-24/h21-24H,4-18,20H2,1-3H3,(H,30,34). The third-order valence-electron chi connectivity index (χ3n) is 9.27. The molecule has 4 fully saturated rings. The molecule has 4 atom stereocenters. The number of hydrogen-bond donors (Lipinski definition) is 1. The highest BCUT2D eigenvalue weighted by atomic mass is 16.5. The molecule has 7 heteroatoms. The van der Waals surface area contributed by atoms with Crippen molar-refractivity contribution < 1.29 is 14.3 Å². The molecule has 2 saturated heterocycles. The Morgan fingerprint density at radius 1 is 1.03 bits per heavy atom. The lowest BCUT2D eigenvalue weighted by atomic mass is 9.67. The highest BCUT2D eigenvalue weighted by molar-refractivity contribution is 5.89. The molecule has 2 heterocycles. The van der Waals surface area contributed by atoms with Crippen molar-refractivity contribution in [3.63, 3.8) is 0 Å². The van der Waals surface area contributed by atoms with E-state index in [2.05, 4.69) is 16.3 Å². The fourth-order valence-electron chi connectivity index (χ4n) is 7.14. The van der Waals surface area contributed by atoms with Crippen LogP contribution in [-0.4, -0.2) is 71.6 Å². The summed E-state index contributed by atoms with van der Waals surface area (Å²) < 4.78 is 5.82. The van der Waals surface area contributed by atoms with Crippen molar-refractivity contribution in [1.29, 1.82) is 5.26 Å². The zero-order valence-electron chi connectivity index (χ0n) is 22.2. The molecule has 7 nitrogen and oxygen atoms in total. The van der Waals surface area contributed by atoms with E-state index < -0.39 is 11.0 Å². The summed E-state index contributed by atoms with van der Waals surface area (Å²) in [4.78, 5) is 31.9. The Morgan fingerprint density at radius 2 is 1.63 bits per heavy atom. The van der Waals surface area contributed by atoms with E-state index in [1.807, 2.05) is 25.7 Å². The number of morpholine rings is 1. The third kappa shape index (κ3) is 6.02. The maximum atomic E-state index is 14.0. The van der Waals surface area contributed by atoms with Crippen molar-refractivity contribution in [2.24, 2.45) is 11.3 Å². The highest BCUT2D eigenvalue weighted by Crippen LogP contribution is 2.43. The van der Waals surface area contributed by atoms with Gasteiger partial charge in [0.2, 0.25) is 11.8 Å². The normalized spacial score (nSPS) is 33.1. The second kappa shape index (κ2) is 11.2. The highest BCUT2D eigenvalue weighted by Gasteiger charge is 2.49. The van der Waals surface area contributed by atoms with Crippen molar-refractivity contribution >= 4 is 11.8 Å². The van der Waals surface area contributed by atoms with Crippen LogP contribution in [0.5, 0.6) is 0 Å². The van der Waals surface area contributed by atoms with Gasteiger partial charge in [-0.2, -0.15) is 5.26 Å². The van der Waals surface area contributed by atoms with E-state index in [1.54, 1.807) is 0 Å². The largest absolute Gasteiger partial charge is 0.372 e. The van der Waals surface area contributed by atoms with Gasteiger partial charge in [-0.05, 0) is 58.8 Å². The Morgan fingerprint density at radius 3 is 2.23 bits per heavy atom. The fraction of sp³-hybridized carbons (Fsp3) is 0.893. The summed E-state index contributed by atoms with van der Waals surface area (Å²) in [5.41, 5.74) is -1.65. The molecule has 2 amide bonds. The summed E-state index contributed by atoms with van der Waals surface area (Å²) in [6.45, 7) is 8.60. The molecule has 0 spiro atoms. The first-order chi connectivity index (χ1) is 16.7. The molecule has 0 bridgehead atoms. The maximum Gasteiger partial charge on any atom is 0.228 e. The molecule has 0 aromatic rings. The molecule has 0 aromatic heterocycles. The van der Waals surface area contributed by atoms with E-state index >= 15 is 0 Å². The number of nitriles is 1. The van der Waals surface area contributed by atoms with E-state index in [4.69, 9.17) is 4.74 Å². The average Bonchev–Trinajstić information content (AvgIpc) is 3.29. The van der Waals surface area contributed by atoms with Gasteiger partial charge in [0.25, 0.3) is 0 Å². The summed E-state index contributed by atoms with van der Waals surface area (Å²) in [5, 5.41) is 13.5. The third-order valence-corrected chi connectivity index (χ3v) is 9.27. The van der Waals surface area contributed by atoms with Crippen molar-refractivity contribution in [3.8, 4) is 6.07 Å². The van der Waals surface area contributed by atoms with E-state index in [1.165, 1.54) is 38.5 Å². The van der Waals surface area contributed by atoms with Crippen LogP contribution >= 0.6 is 0 Å². The van der Waals surface area contributed by atoms with Crippen LogP contribution in [0.1, 0.15) is 97.8 Å². The number of rotatable bonds is 6. The van der Waals surface area contributed by atoms with Crippen molar-refractivity contribution in [3.05, 3.63) is 0 Å².